The first kappa shape index (κ1) is 12.3. The summed E-state index contributed by atoms with van der Waals surface area (Å²) in [5.74, 6) is 1.61. The maximum absolute atomic E-state index is 9.69. The van der Waals surface area contributed by atoms with Crippen molar-refractivity contribution in [3.63, 3.8) is 0 Å². The van der Waals surface area contributed by atoms with Gasteiger partial charge in [-0.15, -0.1) is 0 Å². The smallest absolute Gasteiger partial charge is 0.155 e. The molecule has 2 rings (SSSR count). The normalized spacial score (nSPS) is 17.2. The van der Waals surface area contributed by atoms with Crippen LogP contribution < -0.4 is 5.73 Å². The molecule has 0 unspecified atom stereocenters. The minimum absolute atomic E-state index is 0.206. The lowest BCUT2D eigenvalue weighted by Gasteiger charge is -2.20. The zero-order valence-corrected chi connectivity index (χ0v) is 10.2. The minimum atomic E-state index is 0.206. The molecule has 1 aromatic rings. The van der Waals surface area contributed by atoms with E-state index in [9.17, 15) is 5.11 Å². The van der Waals surface area contributed by atoms with Crippen LogP contribution in [0.15, 0.2) is 6.20 Å². The summed E-state index contributed by atoms with van der Waals surface area (Å²) in [6, 6.07) is 0. The molecule has 1 saturated carbocycles. The van der Waals surface area contributed by atoms with Gasteiger partial charge in [0.15, 0.2) is 5.75 Å². The van der Waals surface area contributed by atoms with Crippen molar-refractivity contribution < 1.29 is 5.11 Å². The quantitative estimate of drug-likeness (QED) is 0.838. The van der Waals surface area contributed by atoms with Crippen LogP contribution in [0.25, 0.3) is 0 Å². The third-order valence-corrected chi connectivity index (χ3v) is 3.45. The van der Waals surface area contributed by atoms with Crippen molar-refractivity contribution in [1.82, 2.24) is 9.97 Å². The minimum Gasteiger partial charge on any atom is -0.504 e. The summed E-state index contributed by atoms with van der Waals surface area (Å²) in [7, 11) is 0. The van der Waals surface area contributed by atoms with Crippen molar-refractivity contribution in [1.29, 1.82) is 0 Å². The number of aromatic hydroxyl groups is 1. The van der Waals surface area contributed by atoms with E-state index in [1.807, 2.05) is 0 Å². The zero-order valence-electron chi connectivity index (χ0n) is 10.2. The van der Waals surface area contributed by atoms with Crippen LogP contribution in [0.2, 0.25) is 0 Å². The van der Waals surface area contributed by atoms with Crippen LogP contribution in [-0.2, 0) is 6.42 Å². The van der Waals surface area contributed by atoms with Gasteiger partial charge in [-0.2, -0.15) is 0 Å². The number of rotatable bonds is 4. The summed E-state index contributed by atoms with van der Waals surface area (Å²) in [5, 5.41) is 9.69. The van der Waals surface area contributed by atoms with Crippen molar-refractivity contribution in [3.8, 4) is 5.75 Å². The van der Waals surface area contributed by atoms with Gasteiger partial charge in [0.1, 0.15) is 5.82 Å². The molecule has 0 amide bonds. The van der Waals surface area contributed by atoms with Gasteiger partial charge >= 0.3 is 0 Å². The highest BCUT2D eigenvalue weighted by Crippen LogP contribution is 2.31. The molecule has 0 radical (unpaired) electrons. The first-order chi connectivity index (χ1) is 8.31. The van der Waals surface area contributed by atoms with Crippen molar-refractivity contribution in [2.24, 2.45) is 5.73 Å². The second kappa shape index (κ2) is 5.96. The third kappa shape index (κ3) is 3.16. The van der Waals surface area contributed by atoms with E-state index in [0.717, 1.165) is 24.4 Å². The maximum atomic E-state index is 9.69. The van der Waals surface area contributed by atoms with Gasteiger partial charge in [0, 0.05) is 5.92 Å². The molecule has 1 aliphatic rings. The first-order valence-corrected chi connectivity index (χ1v) is 6.56. The van der Waals surface area contributed by atoms with Gasteiger partial charge in [0.2, 0.25) is 0 Å². The summed E-state index contributed by atoms with van der Waals surface area (Å²) < 4.78 is 0. The summed E-state index contributed by atoms with van der Waals surface area (Å²) in [5.41, 5.74) is 6.24. The number of aryl methyl sites for hydroxylation is 1. The second-order valence-corrected chi connectivity index (χ2v) is 4.79. The number of nitrogens with two attached hydrogens (primary N) is 1. The standard InChI is InChI=1S/C13H21N3O/c14-8-4-7-11-12(17)9-15-13(16-11)10-5-2-1-3-6-10/h9-10,17H,1-8,14H2. The Morgan fingerprint density at radius 3 is 2.76 bits per heavy atom. The predicted octanol–water partition coefficient (Wildman–Crippen LogP) is 2.12. The number of hydrogen-bond acceptors (Lipinski definition) is 4. The Bertz CT molecular complexity index is 362. The van der Waals surface area contributed by atoms with Gasteiger partial charge in [0.05, 0.1) is 11.9 Å². The third-order valence-electron chi connectivity index (χ3n) is 3.45. The number of hydrogen-bond donors (Lipinski definition) is 2. The van der Waals surface area contributed by atoms with Crippen LogP contribution in [-0.4, -0.2) is 21.6 Å². The van der Waals surface area contributed by atoms with E-state index in [1.54, 1.807) is 6.20 Å². The lowest BCUT2D eigenvalue weighted by atomic mass is 9.88. The van der Waals surface area contributed by atoms with E-state index < -0.39 is 0 Å². The van der Waals surface area contributed by atoms with E-state index in [0.29, 0.717) is 12.5 Å². The Hall–Kier alpha value is -1.16. The molecule has 4 nitrogen and oxygen atoms in total. The molecule has 17 heavy (non-hydrogen) atoms. The van der Waals surface area contributed by atoms with E-state index in [1.165, 1.54) is 32.1 Å². The molecule has 1 aromatic heterocycles. The monoisotopic (exact) mass is 235 g/mol. The van der Waals surface area contributed by atoms with Crippen molar-refractivity contribution in [2.45, 2.75) is 50.9 Å². The molecular formula is C13H21N3O. The van der Waals surface area contributed by atoms with Gasteiger partial charge in [-0.25, -0.2) is 9.97 Å². The van der Waals surface area contributed by atoms with Crippen LogP contribution in [0.3, 0.4) is 0 Å². The second-order valence-electron chi connectivity index (χ2n) is 4.79. The molecule has 1 fully saturated rings. The molecule has 1 heterocycles. The molecule has 0 aromatic carbocycles. The molecule has 3 N–H and O–H groups in total. The predicted molar refractivity (Wildman–Crippen MR) is 66.9 cm³/mol. The van der Waals surface area contributed by atoms with Crippen LogP contribution in [0.5, 0.6) is 5.75 Å². The van der Waals surface area contributed by atoms with Gasteiger partial charge in [-0.05, 0) is 32.2 Å². The maximum Gasteiger partial charge on any atom is 0.155 e. The van der Waals surface area contributed by atoms with Crippen molar-refractivity contribution >= 4 is 0 Å². The van der Waals surface area contributed by atoms with Gasteiger partial charge in [-0.1, -0.05) is 19.3 Å². The molecule has 0 saturated heterocycles. The average molecular weight is 235 g/mol. The largest absolute Gasteiger partial charge is 0.504 e. The van der Waals surface area contributed by atoms with Crippen LogP contribution in [0, 0.1) is 0 Å². The molecule has 94 valence electrons. The van der Waals surface area contributed by atoms with Crippen LogP contribution >= 0.6 is 0 Å². The SMILES string of the molecule is NCCCc1nc(C2CCCCC2)ncc1O. The molecule has 0 bridgehead atoms. The molecule has 0 aliphatic heterocycles. The van der Waals surface area contributed by atoms with Crippen molar-refractivity contribution in [2.75, 3.05) is 6.54 Å². The molecule has 4 heteroatoms. The highest BCUT2D eigenvalue weighted by molar-refractivity contribution is 5.24. The highest BCUT2D eigenvalue weighted by Gasteiger charge is 2.19. The zero-order chi connectivity index (χ0) is 12.1. The Morgan fingerprint density at radius 2 is 2.06 bits per heavy atom. The fourth-order valence-electron chi connectivity index (χ4n) is 2.44. The summed E-state index contributed by atoms with van der Waals surface area (Å²) in [6.07, 6.45) is 9.37. The van der Waals surface area contributed by atoms with Crippen LogP contribution in [0.4, 0.5) is 0 Å². The number of nitrogens with zero attached hydrogens (tertiary/aromatic N) is 2. The first-order valence-electron chi connectivity index (χ1n) is 6.56. The van der Waals surface area contributed by atoms with Gasteiger partial charge in [-0.3, -0.25) is 0 Å². The Kier molecular flexibility index (Phi) is 4.31. The average Bonchev–Trinajstić information content (AvgIpc) is 2.39. The summed E-state index contributed by atoms with van der Waals surface area (Å²) in [4.78, 5) is 8.80. The Balaban J connectivity index is 2.11. The van der Waals surface area contributed by atoms with Crippen molar-refractivity contribution in [3.05, 3.63) is 17.7 Å². The Morgan fingerprint density at radius 1 is 1.29 bits per heavy atom. The molecule has 1 aliphatic carbocycles. The van der Waals surface area contributed by atoms with E-state index in [2.05, 4.69) is 9.97 Å². The molecular weight excluding hydrogens is 214 g/mol. The molecule has 0 atom stereocenters. The summed E-state index contributed by atoms with van der Waals surface area (Å²) >= 11 is 0. The van der Waals surface area contributed by atoms with E-state index >= 15 is 0 Å². The highest BCUT2D eigenvalue weighted by atomic mass is 16.3. The molecule has 0 spiro atoms. The van der Waals surface area contributed by atoms with Crippen LogP contribution in [0.1, 0.15) is 56.0 Å². The lowest BCUT2D eigenvalue weighted by molar-refractivity contribution is 0.419. The topological polar surface area (TPSA) is 72.0 Å². The lowest BCUT2D eigenvalue weighted by Crippen LogP contribution is -2.10. The number of aromatic nitrogens is 2. The fourth-order valence-corrected chi connectivity index (χ4v) is 2.44. The Labute approximate surface area is 102 Å². The summed E-state index contributed by atoms with van der Waals surface area (Å²) in [6.45, 7) is 0.627. The van der Waals surface area contributed by atoms with E-state index in [-0.39, 0.29) is 5.75 Å². The van der Waals surface area contributed by atoms with Gasteiger partial charge in [0.25, 0.3) is 0 Å². The van der Waals surface area contributed by atoms with Gasteiger partial charge < -0.3 is 10.8 Å². The fraction of sp³-hybridized carbons (Fsp3) is 0.692. The van der Waals surface area contributed by atoms with E-state index in [4.69, 9.17) is 5.73 Å².